The number of nitrogens with zero attached hydrogens (tertiary/aromatic N) is 4. The molecule has 9 nitrogen and oxygen atoms in total. The van der Waals surface area contributed by atoms with Crippen molar-refractivity contribution in [2.45, 2.75) is 6.42 Å². The van der Waals surface area contributed by atoms with Crippen LogP contribution in [0.15, 0.2) is 46.6 Å². The standard InChI is InChI=1S/C17H10N4O5S/c22-16(23)10(5-8-1-3-12-14(6-8)21-27-20-12)15(17(24)25)9-2-4-11-13(7-9)19-26-18-11/h1-4,6-7H,5H2,(H,22,23)(H,24,25)/b15-10-. The number of hydrogen-bond donors (Lipinski definition) is 2. The Morgan fingerprint density at radius 3 is 2.41 bits per heavy atom. The number of carboxylic acid groups (broad SMARTS) is 2. The van der Waals surface area contributed by atoms with E-state index in [4.69, 9.17) is 0 Å². The molecule has 2 aromatic heterocycles. The van der Waals surface area contributed by atoms with Crippen LogP contribution in [-0.4, -0.2) is 41.2 Å². The molecule has 0 fully saturated rings. The van der Waals surface area contributed by atoms with Gasteiger partial charge in [0, 0.05) is 6.42 Å². The van der Waals surface area contributed by atoms with Crippen LogP contribution < -0.4 is 0 Å². The van der Waals surface area contributed by atoms with E-state index in [1.165, 1.54) is 18.2 Å². The summed E-state index contributed by atoms with van der Waals surface area (Å²) in [6, 6.07) is 9.57. The highest BCUT2D eigenvalue weighted by Crippen LogP contribution is 2.26. The van der Waals surface area contributed by atoms with E-state index in [-0.39, 0.29) is 23.1 Å². The molecular formula is C17H10N4O5S. The topological polar surface area (TPSA) is 139 Å². The zero-order chi connectivity index (χ0) is 19.0. The smallest absolute Gasteiger partial charge is 0.336 e. The normalized spacial score (nSPS) is 12.3. The van der Waals surface area contributed by atoms with Crippen molar-refractivity contribution in [3.05, 3.63) is 53.1 Å². The molecule has 0 spiro atoms. The van der Waals surface area contributed by atoms with Gasteiger partial charge in [0.1, 0.15) is 22.1 Å². The van der Waals surface area contributed by atoms with Crippen molar-refractivity contribution >= 4 is 51.3 Å². The summed E-state index contributed by atoms with van der Waals surface area (Å²) in [5, 5.41) is 26.7. The van der Waals surface area contributed by atoms with Crippen LogP contribution in [-0.2, 0) is 16.0 Å². The fraction of sp³-hybridized carbons (Fsp3) is 0.0588. The number of aliphatic carboxylic acids is 2. The summed E-state index contributed by atoms with van der Waals surface area (Å²) in [4.78, 5) is 23.7. The number of rotatable bonds is 5. The first-order valence-corrected chi connectivity index (χ1v) is 8.39. The third-order valence-electron chi connectivity index (χ3n) is 4.02. The molecule has 27 heavy (non-hydrogen) atoms. The lowest BCUT2D eigenvalue weighted by Gasteiger charge is -2.10. The second kappa shape index (κ2) is 6.57. The minimum atomic E-state index is -1.35. The average molecular weight is 382 g/mol. The molecule has 0 amide bonds. The molecule has 2 N–H and O–H groups in total. The van der Waals surface area contributed by atoms with Crippen LogP contribution in [0.1, 0.15) is 11.1 Å². The van der Waals surface area contributed by atoms with Crippen LogP contribution >= 0.6 is 11.7 Å². The largest absolute Gasteiger partial charge is 0.478 e. The quantitative estimate of drug-likeness (QED) is 0.498. The van der Waals surface area contributed by atoms with E-state index in [2.05, 4.69) is 23.7 Å². The highest BCUT2D eigenvalue weighted by molar-refractivity contribution is 7.00. The van der Waals surface area contributed by atoms with Gasteiger partial charge in [0.2, 0.25) is 0 Å². The number of aromatic nitrogens is 4. The molecule has 0 aliphatic rings. The Labute approximate surface area is 154 Å². The maximum absolute atomic E-state index is 11.9. The van der Waals surface area contributed by atoms with Crippen molar-refractivity contribution in [2.75, 3.05) is 0 Å². The fourth-order valence-electron chi connectivity index (χ4n) is 2.78. The van der Waals surface area contributed by atoms with E-state index in [1.807, 2.05) is 0 Å². The molecule has 10 heteroatoms. The van der Waals surface area contributed by atoms with Gasteiger partial charge >= 0.3 is 11.9 Å². The lowest BCUT2D eigenvalue weighted by molar-refractivity contribution is -0.134. The summed E-state index contributed by atoms with van der Waals surface area (Å²) in [5.41, 5.74) is 2.38. The fourth-order valence-corrected chi connectivity index (χ4v) is 3.29. The van der Waals surface area contributed by atoms with Gasteiger partial charge in [0.25, 0.3) is 0 Å². The Kier molecular flexibility index (Phi) is 4.09. The number of fused-ring (bicyclic) bond motifs is 2. The molecule has 4 rings (SSSR count). The monoisotopic (exact) mass is 382 g/mol. The summed E-state index contributed by atoms with van der Waals surface area (Å²) in [6.07, 6.45) is -0.0838. The summed E-state index contributed by atoms with van der Waals surface area (Å²) in [7, 11) is 0. The van der Waals surface area contributed by atoms with Gasteiger partial charge in [-0.2, -0.15) is 8.75 Å². The van der Waals surface area contributed by atoms with Crippen LogP contribution in [0.4, 0.5) is 0 Å². The third kappa shape index (κ3) is 3.13. The molecule has 0 bridgehead atoms. The van der Waals surface area contributed by atoms with Gasteiger partial charge in [0.05, 0.1) is 22.9 Å². The van der Waals surface area contributed by atoms with Crippen molar-refractivity contribution in [2.24, 2.45) is 0 Å². The Morgan fingerprint density at radius 2 is 1.63 bits per heavy atom. The summed E-state index contributed by atoms with van der Waals surface area (Å²) >= 11 is 1.05. The minimum Gasteiger partial charge on any atom is -0.478 e. The molecule has 0 unspecified atom stereocenters. The molecular weight excluding hydrogens is 372 g/mol. The Hall–Kier alpha value is -3.66. The predicted octanol–water partition coefficient (Wildman–Crippen LogP) is 2.39. The van der Waals surface area contributed by atoms with E-state index in [0.29, 0.717) is 27.6 Å². The second-order valence-corrected chi connectivity index (χ2v) is 6.22. The molecule has 2 heterocycles. The van der Waals surface area contributed by atoms with Crippen molar-refractivity contribution in [1.82, 2.24) is 19.1 Å². The Morgan fingerprint density at radius 1 is 0.889 bits per heavy atom. The van der Waals surface area contributed by atoms with E-state index < -0.39 is 11.9 Å². The Bertz CT molecular complexity index is 1230. The molecule has 0 aliphatic carbocycles. The van der Waals surface area contributed by atoms with Crippen LogP contribution in [0.2, 0.25) is 0 Å². The van der Waals surface area contributed by atoms with Gasteiger partial charge in [0.15, 0.2) is 0 Å². The van der Waals surface area contributed by atoms with E-state index in [0.717, 1.165) is 11.7 Å². The highest BCUT2D eigenvalue weighted by atomic mass is 32.1. The lowest BCUT2D eigenvalue weighted by atomic mass is 9.94. The van der Waals surface area contributed by atoms with Gasteiger partial charge in [-0.25, -0.2) is 14.2 Å². The van der Waals surface area contributed by atoms with Gasteiger partial charge in [-0.1, -0.05) is 12.1 Å². The van der Waals surface area contributed by atoms with E-state index in [1.54, 1.807) is 18.2 Å². The van der Waals surface area contributed by atoms with E-state index >= 15 is 0 Å². The first-order chi connectivity index (χ1) is 13.0. The highest BCUT2D eigenvalue weighted by Gasteiger charge is 2.23. The number of carbonyl (C=O) groups is 2. The maximum Gasteiger partial charge on any atom is 0.336 e. The molecule has 0 radical (unpaired) electrons. The third-order valence-corrected chi connectivity index (χ3v) is 4.57. The predicted molar refractivity (Wildman–Crippen MR) is 95.1 cm³/mol. The van der Waals surface area contributed by atoms with Crippen LogP contribution in [0, 0.1) is 0 Å². The minimum absolute atomic E-state index is 0.0838. The van der Waals surface area contributed by atoms with Crippen LogP contribution in [0.5, 0.6) is 0 Å². The molecule has 0 atom stereocenters. The first kappa shape index (κ1) is 16.8. The van der Waals surface area contributed by atoms with Crippen molar-refractivity contribution < 1.29 is 24.4 Å². The molecule has 134 valence electrons. The summed E-state index contributed by atoms with van der Waals surface area (Å²) in [5.74, 6) is -2.66. The second-order valence-electron chi connectivity index (χ2n) is 5.70. The molecule has 0 saturated heterocycles. The van der Waals surface area contributed by atoms with Crippen LogP contribution in [0.25, 0.3) is 27.6 Å². The van der Waals surface area contributed by atoms with Crippen molar-refractivity contribution in [1.29, 1.82) is 0 Å². The lowest BCUT2D eigenvalue weighted by Crippen LogP contribution is -2.13. The van der Waals surface area contributed by atoms with Gasteiger partial charge < -0.3 is 10.2 Å². The van der Waals surface area contributed by atoms with Gasteiger partial charge in [-0.05, 0) is 45.7 Å². The number of carboxylic acids is 2. The number of benzene rings is 2. The van der Waals surface area contributed by atoms with Crippen molar-refractivity contribution in [3.8, 4) is 0 Å². The Balaban J connectivity index is 1.84. The van der Waals surface area contributed by atoms with E-state index in [9.17, 15) is 19.8 Å². The molecule has 0 aliphatic heterocycles. The zero-order valence-corrected chi connectivity index (χ0v) is 14.3. The maximum atomic E-state index is 11.9. The zero-order valence-electron chi connectivity index (χ0n) is 13.5. The molecule has 2 aromatic carbocycles. The average Bonchev–Trinajstić information content (AvgIpc) is 3.28. The summed E-state index contributed by atoms with van der Waals surface area (Å²) < 4.78 is 12.8. The number of hydrogen-bond acceptors (Lipinski definition) is 8. The van der Waals surface area contributed by atoms with Gasteiger partial charge in [-0.3, -0.25) is 0 Å². The SMILES string of the molecule is O=C(O)/C(Cc1ccc2nsnc2c1)=C(\C(=O)O)c1ccc2nonc2c1. The molecule has 0 saturated carbocycles. The first-order valence-electron chi connectivity index (χ1n) is 7.66. The van der Waals surface area contributed by atoms with Crippen molar-refractivity contribution in [3.63, 3.8) is 0 Å². The molecule has 4 aromatic rings. The van der Waals surface area contributed by atoms with Crippen LogP contribution in [0.3, 0.4) is 0 Å². The summed E-state index contributed by atoms with van der Waals surface area (Å²) in [6.45, 7) is 0. The van der Waals surface area contributed by atoms with Gasteiger partial charge in [-0.15, -0.1) is 0 Å².